The van der Waals surface area contributed by atoms with Gasteiger partial charge in [-0.05, 0) is 79.4 Å². The second kappa shape index (κ2) is 13.9. The Labute approximate surface area is 259 Å². The maximum absolute atomic E-state index is 14.4. The molecule has 0 spiro atoms. The Morgan fingerprint density at radius 1 is 0.791 bits per heavy atom. The zero-order valence-corrected chi connectivity index (χ0v) is 26.3. The van der Waals surface area contributed by atoms with Crippen LogP contribution in [-0.2, 0) is 32.6 Å². The molecule has 4 aromatic carbocycles. The number of amides is 2. The first-order valence-electron chi connectivity index (χ1n) is 13.9. The smallest absolute Gasteiger partial charge is 0.264 e. The van der Waals surface area contributed by atoms with Crippen LogP contribution >= 0.6 is 11.6 Å². The summed E-state index contributed by atoms with van der Waals surface area (Å²) >= 11 is 6.27. The van der Waals surface area contributed by atoms with E-state index in [2.05, 4.69) is 5.32 Å². The van der Waals surface area contributed by atoms with E-state index in [0.717, 1.165) is 26.6 Å². The monoisotopic (exact) mass is 617 g/mol. The Bertz CT molecular complexity index is 1670. The summed E-state index contributed by atoms with van der Waals surface area (Å²) in [5.41, 5.74) is 4.56. The molecule has 9 heteroatoms. The maximum atomic E-state index is 14.4. The van der Waals surface area contributed by atoms with E-state index in [4.69, 9.17) is 11.6 Å². The zero-order valence-electron chi connectivity index (χ0n) is 24.7. The second-order valence-electron chi connectivity index (χ2n) is 10.6. The third kappa shape index (κ3) is 8.03. The molecule has 0 fully saturated rings. The van der Waals surface area contributed by atoms with Crippen molar-refractivity contribution in [1.29, 1.82) is 0 Å². The average Bonchev–Trinajstić information content (AvgIpc) is 2.97. The number of rotatable bonds is 11. The molecule has 0 radical (unpaired) electrons. The fraction of sp³-hybridized carbons (Fsp3) is 0.235. The lowest BCUT2D eigenvalue weighted by Gasteiger charge is -2.33. The highest BCUT2D eigenvalue weighted by atomic mass is 35.5. The van der Waals surface area contributed by atoms with E-state index in [9.17, 15) is 18.0 Å². The maximum Gasteiger partial charge on any atom is 0.264 e. The number of nitrogens with one attached hydrogen (secondary N) is 1. The Hall–Kier alpha value is -4.14. The first kappa shape index (κ1) is 31.8. The number of benzene rings is 4. The molecule has 0 saturated heterocycles. The van der Waals surface area contributed by atoms with Crippen molar-refractivity contribution in [2.24, 2.45) is 0 Å². The third-order valence-corrected chi connectivity index (χ3v) is 9.16. The van der Waals surface area contributed by atoms with Gasteiger partial charge >= 0.3 is 0 Å². The largest absolute Gasteiger partial charge is 0.357 e. The van der Waals surface area contributed by atoms with Gasteiger partial charge in [0.2, 0.25) is 11.8 Å². The molecule has 4 rings (SSSR count). The Kier molecular flexibility index (Phi) is 10.3. The number of nitrogens with zero attached hydrogens (tertiary/aromatic N) is 2. The van der Waals surface area contributed by atoms with E-state index in [0.29, 0.717) is 16.3 Å². The number of hydrogen-bond acceptors (Lipinski definition) is 4. The molecular formula is C34H36ClN3O4S. The van der Waals surface area contributed by atoms with Crippen LogP contribution in [0.2, 0.25) is 5.02 Å². The summed E-state index contributed by atoms with van der Waals surface area (Å²) in [5.74, 6) is -0.891. The number of hydrogen-bond donors (Lipinski definition) is 1. The van der Waals surface area contributed by atoms with Gasteiger partial charge in [0.25, 0.3) is 10.0 Å². The molecule has 1 atom stereocenters. The molecule has 0 saturated carbocycles. The van der Waals surface area contributed by atoms with E-state index in [1.54, 1.807) is 42.5 Å². The Balaban J connectivity index is 1.81. The first-order chi connectivity index (χ1) is 20.5. The van der Waals surface area contributed by atoms with Crippen molar-refractivity contribution in [2.75, 3.05) is 17.9 Å². The number of carbonyl (C=O) groups is 2. The number of halogens is 1. The van der Waals surface area contributed by atoms with Crippen LogP contribution in [0, 0.1) is 20.8 Å². The van der Waals surface area contributed by atoms with Gasteiger partial charge in [0.15, 0.2) is 0 Å². The number of aryl methyl sites for hydroxylation is 3. The molecule has 0 aliphatic carbocycles. The molecule has 0 aromatic heterocycles. The van der Waals surface area contributed by atoms with Crippen molar-refractivity contribution >= 4 is 39.1 Å². The van der Waals surface area contributed by atoms with Crippen LogP contribution in [0.25, 0.3) is 0 Å². The minimum atomic E-state index is -4.16. The van der Waals surface area contributed by atoms with Crippen LogP contribution in [0.1, 0.15) is 27.8 Å². The van der Waals surface area contributed by atoms with Gasteiger partial charge in [-0.15, -0.1) is 0 Å². The molecule has 0 aliphatic rings. The molecular weight excluding hydrogens is 582 g/mol. The van der Waals surface area contributed by atoms with Crippen molar-refractivity contribution < 1.29 is 18.0 Å². The van der Waals surface area contributed by atoms with Gasteiger partial charge in [-0.25, -0.2) is 8.42 Å². The Morgan fingerprint density at radius 3 is 2.02 bits per heavy atom. The number of anilines is 1. The summed E-state index contributed by atoms with van der Waals surface area (Å²) in [7, 11) is -2.64. The molecule has 224 valence electrons. The summed E-state index contributed by atoms with van der Waals surface area (Å²) in [5, 5.41) is 3.18. The molecule has 43 heavy (non-hydrogen) atoms. The first-order valence-corrected chi connectivity index (χ1v) is 15.8. The van der Waals surface area contributed by atoms with E-state index < -0.39 is 28.5 Å². The molecule has 2 amide bonds. The Morgan fingerprint density at radius 2 is 1.42 bits per heavy atom. The van der Waals surface area contributed by atoms with Crippen LogP contribution in [0.5, 0.6) is 0 Å². The molecule has 0 heterocycles. The fourth-order valence-corrected chi connectivity index (χ4v) is 6.62. The third-order valence-electron chi connectivity index (χ3n) is 7.14. The van der Waals surface area contributed by atoms with E-state index in [-0.39, 0.29) is 23.8 Å². The number of carbonyl (C=O) groups excluding carboxylic acids is 2. The van der Waals surface area contributed by atoms with Gasteiger partial charge in [-0.3, -0.25) is 13.9 Å². The summed E-state index contributed by atoms with van der Waals surface area (Å²) in [4.78, 5) is 29.2. The SMILES string of the molecule is CNC(=O)[C@@H](Cc1ccccc1)N(Cc1cccc(Cl)c1)C(=O)CN(c1cc(C)cc(C)c1)S(=O)(=O)c1ccc(C)cc1. The lowest BCUT2D eigenvalue weighted by molar-refractivity contribution is -0.139. The predicted octanol–water partition coefficient (Wildman–Crippen LogP) is 5.85. The lowest BCUT2D eigenvalue weighted by atomic mass is 10.0. The quantitative estimate of drug-likeness (QED) is 0.229. The molecule has 1 N–H and O–H groups in total. The van der Waals surface area contributed by atoms with Crippen molar-refractivity contribution in [3.63, 3.8) is 0 Å². The fourth-order valence-electron chi connectivity index (χ4n) is 5.01. The zero-order chi connectivity index (χ0) is 31.1. The molecule has 0 unspecified atom stereocenters. The van der Waals surface area contributed by atoms with E-state index in [1.165, 1.54) is 24.1 Å². The molecule has 0 aliphatic heterocycles. The number of sulfonamides is 1. The molecule has 0 bridgehead atoms. The van der Waals surface area contributed by atoms with Crippen LogP contribution in [0.3, 0.4) is 0 Å². The van der Waals surface area contributed by atoms with Crippen LogP contribution in [0.15, 0.2) is 102 Å². The van der Waals surface area contributed by atoms with Gasteiger partial charge in [0.05, 0.1) is 10.6 Å². The standard InChI is InChI=1S/C34H36ClN3O4S/c1-24-13-15-31(16-14-24)43(41,42)38(30-18-25(2)17-26(3)19-30)23-33(39)37(22-28-11-8-12-29(35)20-28)32(34(40)36-4)21-27-9-6-5-7-10-27/h5-20,32H,21-23H2,1-4H3,(H,36,40)/t32-/m1/s1. The van der Waals surface area contributed by atoms with E-state index in [1.807, 2.05) is 63.2 Å². The van der Waals surface area contributed by atoms with E-state index >= 15 is 0 Å². The highest BCUT2D eigenvalue weighted by Crippen LogP contribution is 2.27. The predicted molar refractivity (Wildman–Crippen MR) is 172 cm³/mol. The highest BCUT2D eigenvalue weighted by molar-refractivity contribution is 7.92. The highest BCUT2D eigenvalue weighted by Gasteiger charge is 2.34. The van der Waals surface area contributed by atoms with Gasteiger partial charge in [0, 0.05) is 25.0 Å². The van der Waals surface area contributed by atoms with Crippen molar-refractivity contribution in [3.8, 4) is 0 Å². The van der Waals surface area contributed by atoms with Crippen LogP contribution in [-0.4, -0.2) is 44.8 Å². The van der Waals surface area contributed by atoms with Crippen molar-refractivity contribution in [1.82, 2.24) is 10.2 Å². The average molecular weight is 618 g/mol. The minimum absolute atomic E-state index is 0.0512. The van der Waals surface area contributed by atoms with Crippen LogP contribution in [0.4, 0.5) is 5.69 Å². The van der Waals surface area contributed by atoms with Gasteiger partial charge < -0.3 is 10.2 Å². The second-order valence-corrected chi connectivity index (χ2v) is 12.9. The summed E-state index contributed by atoms with van der Waals surface area (Å²) < 4.78 is 29.4. The summed E-state index contributed by atoms with van der Waals surface area (Å²) in [6.45, 7) is 5.17. The number of likely N-dealkylation sites (N-methyl/N-ethyl adjacent to an activating group) is 1. The van der Waals surface area contributed by atoms with Crippen molar-refractivity contribution in [2.45, 2.75) is 44.7 Å². The summed E-state index contributed by atoms with van der Waals surface area (Å²) in [6, 6.07) is 27.5. The van der Waals surface area contributed by atoms with Gasteiger partial charge in [0.1, 0.15) is 12.6 Å². The topological polar surface area (TPSA) is 86.8 Å². The van der Waals surface area contributed by atoms with Gasteiger partial charge in [-0.1, -0.05) is 77.8 Å². The molecule has 4 aromatic rings. The minimum Gasteiger partial charge on any atom is -0.357 e. The van der Waals surface area contributed by atoms with Crippen molar-refractivity contribution in [3.05, 3.63) is 130 Å². The summed E-state index contributed by atoms with van der Waals surface area (Å²) in [6.07, 6.45) is 0.237. The lowest BCUT2D eigenvalue weighted by Crippen LogP contribution is -2.53. The van der Waals surface area contributed by atoms with Crippen LogP contribution < -0.4 is 9.62 Å². The molecule has 7 nitrogen and oxygen atoms in total. The van der Waals surface area contributed by atoms with Gasteiger partial charge in [-0.2, -0.15) is 0 Å². The normalized spacial score (nSPS) is 11.9.